The van der Waals surface area contributed by atoms with E-state index in [0.29, 0.717) is 5.69 Å². The zero-order valence-electron chi connectivity index (χ0n) is 10.3. The normalized spacial score (nSPS) is 12.5. The van der Waals surface area contributed by atoms with Gasteiger partial charge in [-0.1, -0.05) is 12.1 Å². The fourth-order valence-electron chi connectivity index (χ4n) is 1.49. The molecule has 1 rings (SSSR count). The number of nitrogens with one attached hydrogen (secondary N) is 1. The molecule has 0 saturated heterocycles. The summed E-state index contributed by atoms with van der Waals surface area (Å²) >= 11 is 0. The molecule has 1 aromatic rings. The van der Waals surface area contributed by atoms with Crippen molar-refractivity contribution in [1.82, 2.24) is 0 Å². The second kappa shape index (κ2) is 7.35. The average molecular weight is 297 g/mol. The van der Waals surface area contributed by atoms with Crippen LogP contribution in [0.5, 0.6) is 0 Å². The fraction of sp³-hybridized carbons (Fsp3) is 0.417. The van der Waals surface area contributed by atoms with E-state index in [1.807, 2.05) is 0 Å². The first-order chi connectivity index (χ1) is 8.26. The Morgan fingerprint density at radius 2 is 2.05 bits per heavy atom. The standard InChI is InChI=1S/C12H15F3N2O.ClH/c1-8(16)5-11(18)17-10-4-2-3-9(6-10)7-12(13,14)15;/h2-4,6,8H,5,7,16H2,1H3,(H,17,18);1H. The lowest BCUT2D eigenvalue weighted by molar-refractivity contribution is -0.127. The van der Waals surface area contributed by atoms with Crippen LogP contribution in [0.15, 0.2) is 24.3 Å². The van der Waals surface area contributed by atoms with Gasteiger partial charge in [-0.2, -0.15) is 13.2 Å². The van der Waals surface area contributed by atoms with Crippen LogP contribution < -0.4 is 11.1 Å². The Hall–Kier alpha value is -1.27. The number of benzene rings is 1. The van der Waals surface area contributed by atoms with Crippen LogP contribution in [-0.4, -0.2) is 18.1 Å². The molecule has 1 aromatic carbocycles. The largest absolute Gasteiger partial charge is 0.393 e. The van der Waals surface area contributed by atoms with Gasteiger partial charge < -0.3 is 11.1 Å². The van der Waals surface area contributed by atoms with Gasteiger partial charge in [0, 0.05) is 18.2 Å². The molecule has 19 heavy (non-hydrogen) atoms. The summed E-state index contributed by atoms with van der Waals surface area (Å²) in [5, 5.41) is 2.51. The highest BCUT2D eigenvalue weighted by Gasteiger charge is 2.27. The number of amides is 1. The van der Waals surface area contributed by atoms with E-state index in [1.165, 1.54) is 18.2 Å². The number of carbonyl (C=O) groups is 1. The SMILES string of the molecule is CC(N)CC(=O)Nc1cccc(CC(F)(F)F)c1.Cl. The van der Waals surface area contributed by atoms with Crippen molar-refractivity contribution in [2.45, 2.75) is 32.0 Å². The first-order valence-electron chi connectivity index (χ1n) is 5.47. The summed E-state index contributed by atoms with van der Waals surface area (Å²) < 4.78 is 36.6. The van der Waals surface area contributed by atoms with E-state index in [9.17, 15) is 18.0 Å². The molecule has 3 nitrogen and oxygen atoms in total. The van der Waals surface area contributed by atoms with E-state index < -0.39 is 12.6 Å². The molecule has 3 N–H and O–H groups in total. The lowest BCUT2D eigenvalue weighted by Crippen LogP contribution is -2.24. The van der Waals surface area contributed by atoms with E-state index in [2.05, 4.69) is 5.32 Å². The molecule has 0 aliphatic rings. The molecule has 7 heteroatoms. The molecule has 0 fully saturated rings. The van der Waals surface area contributed by atoms with Crippen LogP contribution in [0.2, 0.25) is 0 Å². The first-order valence-corrected chi connectivity index (χ1v) is 5.47. The molecule has 0 aromatic heterocycles. The predicted molar refractivity (Wildman–Crippen MR) is 70.3 cm³/mol. The summed E-state index contributed by atoms with van der Waals surface area (Å²) in [6.45, 7) is 1.68. The van der Waals surface area contributed by atoms with E-state index >= 15 is 0 Å². The number of carbonyl (C=O) groups excluding carboxylic acids is 1. The second-order valence-electron chi connectivity index (χ2n) is 4.22. The summed E-state index contributed by atoms with van der Waals surface area (Å²) in [6.07, 6.45) is -5.14. The Labute approximate surface area is 115 Å². The van der Waals surface area contributed by atoms with Crippen molar-refractivity contribution in [2.24, 2.45) is 5.73 Å². The van der Waals surface area contributed by atoms with E-state index in [-0.39, 0.29) is 36.3 Å². The molecule has 0 heterocycles. The summed E-state index contributed by atoms with van der Waals surface area (Å²) in [5.74, 6) is -0.311. The van der Waals surface area contributed by atoms with Crippen molar-refractivity contribution in [3.8, 4) is 0 Å². The second-order valence-corrected chi connectivity index (χ2v) is 4.22. The fourth-order valence-corrected chi connectivity index (χ4v) is 1.49. The molecule has 108 valence electrons. The molecule has 0 spiro atoms. The summed E-state index contributed by atoms with van der Waals surface area (Å²) in [5.41, 5.74) is 5.91. The van der Waals surface area contributed by atoms with E-state index in [0.717, 1.165) is 0 Å². The highest BCUT2D eigenvalue weighted by atomic mass is 35.5. The molecule has 0 saturated carbocycles. The number of nitrogens with two attached hydrogens (primary N) is 1. The van der Waals surface area contributed by atoms with Gasteiger partial charge in [0.2, 0.25) is 5.91 Å². The van der Waals surface area contributed by atoms with Gasteiger partial charge in [-0.3, -0.25) is 4.79 Å². The van der Waals surface area contributed by atoms with Gasteiger partial charge in [0.05, 0.1) is 6.42 Å². The summed E-state index contributed by atoms with van der Waals surface area (Å²) in [6, 6.07) is 5.41. The van der Waals surface area contributed by atoms with Gasteiger partial charge in [0.15, 0.2) is 0 Å². The first kappa shape index (κ1) is 17.7. The molecule has 0 radical (unpaired) electrons. The Balaban J connectivity index is 0.00000324. The van der Waals surface area contributed by atoms with Crippen molar-refractivity contribution >= 4 is 24.0 Å². The lowest BCUT2D eigenvalue weighted by atomic mass is 10.1. The molecular weight excluding hydrogens is 281 g/mol. The summed E-state index contributed by atoms with van der Waals surface area (Å²) in [7, 11) is 0. The minimum atomic E-state index is -4.26. The lowest BCUT2D eigenvalue weighted by Gasteiger charge is -2.10. The monoisotopic (exact) mass is 296 g/mol. The Morgan fingerprint density at radius 1 is 1.42 bits per heavy atom. The van der Waals surface area contributed by atoms with Crippen molar-refractivity contribution in [1.29, 1.82) is 0 Å². The predicted octanol–water partition coefficient (Wildman–Crippen LogP) is 2.89. The third-order valence-electron chi connectivity index (χ3n) is 2.12. The van der Waals surface area contributed by atoms with Crippen LogP contribution in [0, 0.1) is 0 Å². The zero-order chi connectivity index (χ0) is 13.8. The number of anilines is 1. The number of hydrogen-bond acceptors (Lipinski definition) is 2. The zero-order valence-corrected chi connectivity index (χ0v) is 11.1. The van der Waals surface area contributed by atoms with Gasteiger partial charge in [-0.25, -0.2) is 0 Å². The molecule has 0 aliphatic carbocycles. The van der Waals surface area contributed by atoms with Gasteiger partial charge in [-0.15, -0.1) is 12.4 Å². The quantitative estimate of drug-likeness (QED) is 0.897. The van der Waals surface area contributed by atoms with Crippen LogP contribution in [0.25, 0.3) is 0 Å². The molecule has 1 unspecified atom stereocenters. The van der Waals surface area contributed by atoms with Crippen LogP contribution in [0.3, 0.4) is 0 Å². The van der Waals surface area contributed by atoms with Crippen LogP contribution in [0.1, 0.15) is 18.9 Å². The number of halogens is 4. The molecule has 0 aliphatic heterocycles. The van der Waals surface area contributed by atoms with Crippen LogP contribution in [-0.2, 0) is 11.2 Å². The number of rotatable bonds is 4. The van der Waals surface area contributed by atoms with Crippen LogP contribution >= 0.6 is 12.4 Å². The third-order valence-corrected chi connectivity index (χ3v) is 2.12. The molecule has 1 amide bonds. The highest BCUT2D eigenvalue weighted by Crippen LogP contribution is 2.22. The maximum atomic E-state index is 12.2. The summed E-state index contributed by atoms with van der Waals surface area (Å²) in [4.78, 5) is 11.4. The topological polar surface area (TPSA) is 55.1 Å². The minimum Gasteiger partial charge on any atom is -0.327 e. The Bertz CT molecular complexity index is 422. The smallest absolute Gasteiger partial charge is 0.327 e. The van der Waals surface area contributed by atoms with Crippen molar-refractivity contribution in [3.05, 3.63) is 29.8 Å². The van der Waals surface area contributed by atoms with Gasteiger partial charge in [-0.05, 0) is 24.6 Å². The third kappa shape index (κ3) is 7.69. The Morgan fingerprint density at radius 3 is 2.58 bits per heavy atom. The minimum absolute atomic E-state index is 0. The van der Waals surface area contributed by atoms with Gasteiger partial charge >= 0.3 is 6.18 Å². The number of alkyl halides is 3. The molecular formula is C12H16ClF3N2O. The van der Waals surface area contributed by atoms with E-state index in [4.69, 9.17) is 5.73 Å². The van der Waals surface area contributed by atoms with Gasteiger partial charge in [0.25, 0.3) is 0 Å². The number of hydrogen-bond donors (Lipinski definition) is 2. The van der Waals surface area contributed by atoms with Crippen molar-refractivity contribution in [2.75, 3.05) is 5.32 Å². The maximum Gasteiger partial charge on any atom is 0.393 e. The Kier molecular flexibility index (Phi) is 6.86. The van der Waals surface area contributed by atoms with Crippen molar-refractivity contribution in [3.63, 3.8) is 0 Å². The average Bonchev–Trinajstić information content (AvgIpc) is 2.13. The molecule has 0 bridgehead atoms. The maximum absolute atomic E-state index is 12.2. The van der Waals surface area contributed by atoms with E-state index in [1.54, 1.807) is 13.0 Å². The van der Waals surface area contributed by atoms with Gasteiger partial charge in [0.1, 0.15) is 0 Å². The molecule has 1 atom stereocenters. The van der Waals surface area contributed by atoms with Crippen LogP contribution in [0.4, 0.5) is 18.9 Å². The highest BCUT2D eigenvalue weighted by molar-refractivity contribution is 5.91. The van der Waals surface area contributed by atoms with Crippen molar-refractivity contribution < 1.29 is 18.0 Å².